The van der Waals surface area contributed by atoms with E-state index in [4.69, 9.17) is 28.2 Å². The largest absolute Gasteiger partial charge is 0.236 e. The van der Waals surface area contributed by atoms with Crippen LogP contribution in [0.3, 0.4) is 0 Å². The molecule has 1 aromatic heterocycles. The number of hydrogen-bond donors (Lipinski definition) is 0. The van der Waals surface area contributed by atoms with Gasteiger partial charge in [0.25, 0.3) is 0 Å². The topological polar surface area (TPSA) is 25.8 Å². The van der Waals surface area contributed by atoms with Gasteiger partial charge in [-0.1, -0.05) is 54.2 Å². The molecule has 1 aromatic carbocycles. The minimum Gasteiger partial charge on any atom is -0.236 e. The summed E-state index contributed by atoms with van der Waals surface area (Å²) in [5, 5.41) is 1.31. The van der Waals surface area contributed by atoms with Crippen LogP contribution in [0.1, 0.15) is 48.7 Å². The van der Waals surface area contributed by atoms with Crippen molar-refractivity contribution < 1.29 is 0 Å². The molecule has 5 heteroatoms. The zero-order valence-corrected chi connectivity index (χ0v) is 15.1. The molecule has 0 aliphatic heterocycles. The van der Waals surface area contributed by atoms with Gasteiger partial charge in [0.05, 0.1) is 9.26 Å². The Labute approximate surface area is 148 Å². The summed E-state index contributed by atoms with van der Waals surface area (Å²) >= 11 is 14.8. The number of nitrogens with zero attached hydrogens (tertiary/aromatic N) is 2. The molecule has 1 aliphatic carbocycles. The highest BCUT2D eigenvalue weighted by Crippen LogP contribution is 2.37. The monoisotopic (exact) mass is 432 g/mol. The maximum Gasteiger partial charge on any atom is 0.146 e. The van der Waals surface area contributed by atoms with E-state index in [1.165, 1.54) is 25.7 Å². The molecule has 0 saturated heterocycles. The minimum absolute atomic E-state index is 0.530. The zero-order chi connectivity index (χ0) is 14.8. The molecule has 21 heavy (non-hydrogen) atoms. The summed E-state index contributed by atoms with van der Waals surface area (Å²) in [6.45, 7) is 0. The van der Waals surface area contributed by atoms with Gasteiger partial charge >= 0.3 is 0 Å². The number of rotatable bonds is 3. The predicted molar refractivity (Wildman–Crippen MR) is 95.2 cm³/mol. The molecule has 110 valence electrons. The van der Waals surface area contributed by atoms with Gasteiger partial charge < -0.3 is 0 Å². The fourth-order valence-corrected chi connectivity index (χ4v) is 3.92. The van der Waals surface area contributed by atoms with Gasteiger partial charge in [-0.15, -0.1) is 0 Å². The highest BCUT2D eigenvalue weighted by molar-refractivity contribution is 14.1. The van der Waals surface area contributed by atoms with E-state index in [0.29, 0.717) is 17.5 Å². The Balaban J connectivity index is 1.94. The van der Waals surface area contributed by atoms with Crippen LogP contribution in [0.5, 0.6) is 0 Å². The van der Waals surface area contributed by atoms with Crippen molar-refractivity contribution in [3.05, 3.63) is 55.1 Å². The van der Waals surface area contributed by atoms with Crippen molar-refractivity contribution in [2.24, 2.45) is 0 Å². The van der Waals surface area contributed by atoms with Crippen LogP contribution in [0.4, 0.5) is 0 Å². The Bertz CT molecular complexity index is 655. The second-order valence-electron chi connectivity index (χ2n) is 5.38. The summed E-state index contributed by atoms with van der Waals surface area (Å²) in [5.41, 5.74) is 2.16. The Hall–Kier alpha value is -0.390. The lowest BCUT2D eigenvalue weighted by atomic mass is 10.0. The Morgan fingerprint density at radius 3 is 2.52 bits per heavy atom. The standard InChI is InChI=1S/C16H15Cl2IN2/c17-12-8-4-3-7-11(12)9-13-20-15(10-5-1-2-6-10)14(19)16(18)21-13/h3-4,7-8,10H,1-2,5-6,9H2. The molecule has 0 spiro atoms. The summed E-state index contributed by atoms with van der Waals surface area (Å²) in [6, 6.07) is 7.81. The maximum atomic E-state index is 6.31. The van der Waals surface area contributed by atoms with Gasteiger partial charge in [-0.2, -0.15) is 0 Å². The van der Waals surface area contributed by atoms with E-state index >= 15 is 0 Å². The number of hydrogen-bond acceptors (Lipinski definition) is 2. The molecule has 1 saturated carbocycles. The van der Waals surface area contributed by atoms with Crippen LogP contribution in [-0.4, -0.2) is 9.97 Å². The molecule has 1 heterocycles. The summed E-state index contributed by atoms with van der Waals surface area (Å²) in [5.74, 6) is 1.29. The number of benzene rings is 1. The average Bonchev–Trinajstić information content (AvgIpc) is 2.99. The van der Waals surface area contributed by atoms with Gasteiger partial charge in [-0.25, -0.2) is 9.97 Å². The average molecular weight is 433 g/mol. The summed E-state index contributed by atoms with van der Waals surface area (Å²) < 4.78 is 1.00. The Kier molecular flexibility index (Phi) is 5.02. The van der Waals surface area contributed by atoms with E-state index in [0.717, 1.165) is 25.7 Å². The Morgan fingerprint density at radius 2 is 1.81 bits per heavy atom. The van der Waals surface area contributed by atoms with Crippen LogP contribution in [0.25, 0.3) is 0 Å². The maximum absolute atomic E-state index is 6.31. The quantitative estimate of drug-likeness (QED) is 0.463. The fourth-order valence-electron chi connectivity index (χ4n) is 2.84. The lowest BCUT2D eigenvalue weighted by molar-refractivity contribution is 0.680. The first-order valence-corrected chi connectivity index (χ1v) is 8.94. The molecule has 0 amide bonds. The van der Waals surface area contributed by atoms with Crippen LogP contribution in [0, 0.1) is 3.57 Å². The van der Waals surface area contributed by atoms with Crippen molar-refractivity contribution in [3.8, 4) is 0 Å². The molecule has 0 atom stereocenters. The van der Waals surface area contributed by atoms with Crippen molar-refractivity contribution in [3.63, 3.8) is 0 Å². The first-order valence-electron chi connectivity index (χ1n) is 7.10. The molecular formula is C16H15Cl2IN2. The first kappa shape index (κ1) is 15.5. The minimum atomic E-state index is 0.530. The normalized spacial score (nSPS) is 15.6. The van der Waals surface area contributed by atoms with Gasteiger partial charge in [0.1, 0.15) is 11.0 Å². The second-order valence-corrected chi connectivity index (χ2v) is 7.22. The van der Waals surface area contributed by atoms with Crippen molar-refractivity contribution in [1.82, 2.24) is 9.97 Å². The molecular weight excluding hydrogens is 418 g/mol. The zero-order valence-electron chi connectivity index (χ0n) is 11.5. The van der Waals surface area contributed by atoms with E-state index in [1.807, 2.05) is 24.3 Å². The van der Waals surface area contributed by atoms with E-state index in [-0.39, 0.29) is 0 Å². The van der Waals surface area contributed by atoms with Crippen LogP contribution in [-0.2, 0) is 6.42 Å². The van der Waals surface area contributed by atoms with Crippen LogP contribution >= 0.6 is 45.8 Å². The molecule has 3 rings (SSSR count). The van der Waals surface area contributed by atoms with Crippen LogP contribution < -0.4 is 0 Å². The third-order valence-corrected chi connectivity index (χ3v) is 5.96. The van der Waals surface area contributed by atoms with Gasteiger partial charge in [0.2, 0.25) is 0 Å². The first-order chi connectivity index (χ1) is 10.1. The molecule has 1 aliphatic rings. The lowest BCUT2D eigenvalue weighted by Gasteiger charge is -2.13. The third kappa shape index (κ3) is 3.51. The van der Waals surface area contributed by atoms with E-state index in [2.05, 4.69) is 27.6 Å². The Morgan fingerprint density at radius 1 is 1.10 bits per heavy atom. The van der Waals surface area contributed by atoms with Crippen LogP contribution in [0.15, 0.2) is 24.3 Å². The molecule has 1 fully saturated rings. The predicted octanol–water partition coefficient (Wildman–Crippen LogP) is 5.64. The van der Waals surface area contributed by atoms with Gasteiger partial charge in [-0.3, -0.25) is 0 Å². The van der Waals surface area contributed by atoms with Gasteiger partial charge in [0.15, 0.2) is 0 Å². The molecule has 0 bridgehead atoms. The van der Waals surface area contributed by atoms with Gasteiger partial charge in [-0.05, 0) is 47.1 Å². The van der Waals surface area contributed by atoms with Crippen molar-refractivity contribution >= 4 is 45.8 Å². The summed E-state index contributed by atoms with van der Waals surface area (Å²) in [4.78, 5) is 9.22. The van der Waals surface area contributed by atoms with Crippen molar-refractivity contribution in [2.45, 2.75) is 38.0 Å². The van der Waals surface area contributed by atoms with E-state index < -0.39 is 0 Å². The summed E-state index contributed by atoms with van der Waals surface area (Å²) in [6.07, 6.45) is 5.59. The fraction of sp³-hybridized carbons (Fsp3) is 0.375. The smallest absolute Gasteiger partial charge is 0.146 e. The number of halogens is 3. The molecule has 0 radical (unpaired) electrons. The van der Waals surface area contributed by atoms with E-state index in [9.17, 15) is 0 Å². The lowest BCUT2D eigenvalue weighted by Crippen LogP contribution is -2.07. The molecule has 2 aromatic rings. The molecule has 0 unspecified atom stereocenters. The molecule has 0 N–H and O–H groups in total. The highest BCUT2D eigenvalue weighted by atomic mass is 127. The summed E-state index contributed by atoms with van der Waals surface area (Å²) in [7, 11) is 0. The van der Waals surface area contributed by atoms with Gasteiger partial charge in [0, 0.05) is 17.4 Å². The SMILES string of the molecule is Clc1ccccc1Cc1nc(Cl)c(I)c(C2CCCC2)n1. The van der Waals surface area contributed by atoms with Crippen molar-refractivity contribution in [2.75, 3.05) is 0 Å². The third-order valence-electron chi connectivity index (χ3n) is 3.93. The van der Waals surface area contributed by atoms with E-state index in [1.54, 1.807) is 0 Å². The highest BCUT2D eigenvalue weighted by Gasteiger charge is 2.23. The molecule has 2 nitrogen and oxygen atoms in total. The second kappa shape index (κ2) is 6.80. The number of aromatic nitrogens is 2. The van der Waals surface area contributed by atoms with Crippen molar-refractivity contribution in [1.29, 1.82) is 0 Å². The van der Waals surface area contributed by atoms with Crippen LogP contribution in [0.2, 0.25) is 10.2 Å².